The van der Waals surface area contributed by atoms with Crippen molar-refractivity contribution in [2.24, 2.45) is 5.92 Å². The quantitative estimate of drug-likeness (QED) is 0.618. The summed E-state index contributed by atoms with van der Waals surface area (Å²) < 4.78 is 5.18. The third kappa shape index (κ3) is 6.47. The number of carbonyl (C=O) groups excluding carboxylic acids is 1. The molecule has 0 bridgehead atoms. The molecule has 4 nitrogen and oxygen atoms in total. The molecule has 1 amide bonds. The normalized spacial score (nSPS) is 15.1. The van der Waals surface area contributed by atoms with E-state index < -0.39 is 0 Å². The third-order valence-electron chi connectivity index (χ3n) is 2.49. The number of carbonyl (C=O) groups is 1. The summed E-state index contributed by atoms with van der Waals surface area (Å²) in [6.45, 7) is 9.30. The van der Waals surface area contributed by atoms with Gasteiger partial charge in [-0.25, -0.2) is 0 Å². The lowest BCUT2D eigenvalue weighted by atomic mass is 10.2. The van der Waals surface area contributed by atoms with E-state index in [4.69, 9.17) is 4.74 Å². The highest BCUT2D eigenvalue weighted by Gasteiger charge is 2.10. The molecular formula is C11H24N2O2. The smallest absolute Gasteiger partial charge is 0.222 e. The van der Waals surface area contributed by atoms with Gasteiger partial charge in [0.25, 0.3) is 0 Å². The number of ether oxygens (including phenoxy) is 1. The minimum Gasteiger partial charge on any atom is -0.380 e. The summed E-state index contributed by atoms with van der Waals surface area (Å²) in [5.41, 5.74) is 0. The predicted molar refractivity (Wildman–Crippen MR) is 61.8 cm³/mol. The molecule has 90 valence electrons. The van der Waals surface area contributed by atoms with Crippen molar-refractivity contribution in [3.8, 4) is 0 Å². The monoisotopic (exact) mass is 216 g/mol. The average molecular weight is 216 g/mol. The Morgan fingerprint density at radius 1 is 1.20 bits per heavy atom. The largest absolute Gasteiger partial charge is 0.380 e. The molecule has 2 unspecified atom stereocenters. The molecule has 0 aliphatic rings. The lowest BCUT2D eigenvalue weighted by Crippen LogP contribution is -2.41. The number of rotatable bonds is 7. The van der Waals surface area contributed by atoms with Crippen LogP contribution in [0.4, 0.5) is 0 Å². The standard InChI is InChI=1S/C11H24N2O2/c1-8(2)11(14)13-7-6-12-9(3)10(4)15-5/h8-10,12H,6-7H2,1-5H3,(H,13,14). The van der Waals surface area contributed by atoms with Crippen LogP contribution in [-0.4, -0.2) is 38.3 Å². The first-order valence-electron chi connectivity index (χ1n) is 5.53. The predicted octanol–water partition coefficient (Wildman–Crippen LogP) is 0.772. The van der Waals surface area contributed by atoms with Crippen LogP contribution in [0, 0.1) is 5.92 Å². The van der Waals surface area contributed by atoms with Crippen LogP contribution in [-0.2, 0) is 9.53 Å². The molecule has 0 radical (unpaired) electrons. The lowest BCUT2D eigenvalue weighted by Gasteiger charge is -2.20. The van der Waals surface area contributed by atoms with Gasteiger partial charge in [0, 0.05) is 32.2 Å². The van der Waals surface area contributed by atoms with Crippen molar-refractivity contribution in [2.75, 3.05) is 20.2 Å². The van der Waals surface area contributed by atoms with Gasteiger partial charge in [0.1, 0.15) is 0 Å². The van der Waals surface area contributed by atoms with Crippen LogP contribution in [0.25, 0.3) is 0 Å². The topological polar surface area (TPSA) is 50.4 Å². The third-order valence-corrected chi connectivity index (χ3v) is 2.49. The molecule has 0 saturated heterocycles. The Bertz CT molecular complexity index is 183. The molecule has 0 aromatic rings. The van der Waals surface area contributed by atoms with Gasteiger partial charge < -0.3 is 15.4 Å². The Morgan fingerprint density at radius 2 is 1.80 bits per heavy atom. The van der Waals surface area contributed by atoms with Gasteiger partial charge in [0.05, 0.1) is 6.10 Å². The van der Waals surface area contributed by atoms with Gasteiger partial charge in [0.15, 0.2) is 0 Å². The molecule has 2 atom stereocenters. The van der Waals surface area contributed by atoms with Crippen LogP contribution in [0.15, 0.2) is 0 Å². The van der Waals surface area contributed by atoms with Crippen molar-refractivity contribution in [3.05, 3.63) is 0 Å². The van der Waals surface area contributed by atoms with Crippen LogP contribution in [0.5, 0.6) is 0 Å². The Morgan fingerprint density at radius 3 is 2.27 bits per heavy atom. The van der Waals surface area contributed by atoms with E-state index in [0.29, 0.717) is 12.6 Å². The molecule has 0 aliphatic heterocycles. The molecule has 0 aromatic heterocycles. The SMILES string of the molecule is COC(C)C(C)NCCNC(=O)C(C)C. The molecule has 2 N–H and O–H groups in total. The molecule has 0 fully saturated rings. The maximum absolute atomic E-state index is 11.2. The Hall–Kier alpha value is -0.610. The van der Waals surface area contributed by atoms with E-state index in [9.17, 15) is 4.79 Å². The molecule has 0 aliphatic carbocycles. The fraction of sp³-hybridized carbons (Fsp3) is 0.909. The summed E-state index contributed by atoms with van der Waals surface area (Å²) in [6.07, 6.45) is 0.186. The lowest BCUT2D eigenvalue weighted by molar-refractivity contribution is -0.123. The fourth-order valence-corrected chi connectivity index (χ4v) is 1.06. The summed E-state index contributed by atoms with van der Waals surface area (Å²) >= 11 is 0. The minimum absolute atomic E-state index is 0.0559. The van der Waals surface area contributed by atoms with Gasteiger partial charge in [-0.1, -0.05) is 13.8 Å². The van der Waals surface area contributed by atoms with Crippen molar-refractivity contribution in [3.63, 3.8) is 0 Å². The maximum Gasteiger partial charge on any atom is 0.222 e. The van der Waals surface area contributed by atoms with Crippen LogP contribution in [0.2, 0.25) is 0 Å². The second kappa shape index (κ2) is 7.65. The van der Waals surface area contributed by atoms with E-state index in [2.05, 4.69) is 17.6 Å². The van der Waals surface area contributed by atoms with Gasteiger partial charge in [0.2, 0.25) is 5.91 Å². The summed E-state index contributed by atoms with van der Waals surface area (Å²) in [5, 5.41) is 6.14. The minimum atomic E-state index is 0.0559. The molecule has 0 saturated carbocycles. The highest BCUT2D eigenvalue weighted by Crippen LogP contribution is 1.94. The molecular weight excluding hydrogens is 192 g/mol. The summed E-state index contributed by atoms with van der Waals surface area (Å²) in [7, 11) is 1.70. The van der Waals surface area contributed by atoms with Crippen LogP contribution in [0.3, 0.4) is 0 Å². The molecule has 0 heterocycles. The molecule has 0 aromatic carbocycles. The van der Waals surface area contributed by atoms with Gasteiger partial charge in [-0.2, -0.15) is 0 Å². The zero-order valence-electron chi connectivity index (χ0n) is 10.5. The van der Waals surface area contributed by atoms with Crippen LogP contribution < -0.4 is 10.6 Å². The Kier molecular flexibility index (Phi) is 7.34. The van der Waals surface area contributed by atoms with Gasteiger partial charge in [-0.15, -0.1) is 0 Å². The first-order chi connectivity index (χ1) is 6.99. The van der Waals surface area contributed by atoms with Crippen molar-refractivity contribution < 1.29 is 9.53 Å². The average Bonchev–Trinajstić information content (AvgIpc) is 2.22. The van der Waals surface area contributed by atoms with Crippen LogP contribution >= 0.6 is 0 Å². The van der Waals surface area contributed by atoms with Gasteiger partial charge in [-0.3, -0.25) is 4.79 Å². The van der Waals surface area contributed by atoms with Crippen LogP contribution in [0.1, 0.15) is 27.7 Å². The molecule has 15 heavy (non-hydrogen) atoms. The second-order valence-electron chi connectivity index (χ2n) is 4.13. The van der Waals surface area contributed by atoms with Gasteiger partial charge >= 0.3 is 0 Å². The Labute approximate surface area is 92.8 Å². The molecule has 4 heteroatoms. The highest BCUT2D eigenvalue weighted by molar-refractivity contribution is 5.77. The number of amides is 1. The van der Waals surface area contributed by atoms with Crippen molar-refractivity contribution in [1.29, 1.82) is 0 Å². The van der Waals surface area contributed by atoms with E-state index in [-0.39, 0.29) is 17.9 Å². The zero-order chi connectivity index (χ0) is 11.8. The Balaban J connectivity index is 3.50. The fourth-order valence-electron chi connectivity index (χ4n) is 1.06. The van der Waals surface area contributed by atoms with Gasteiger partial charge in [-0.05, 0) is 13.8 Å². The summed E-state index contributed by atoms with van der Waals surface area (Å²) in [4.78, 5) is 11.2. The first kappa shape index (κ1) is 14.4. The highest BCUT2D eigenvalue weighted by atomic mass is 16.5. The number of hydrogen-bond donors (Lipinski definition) is 2. The van der Waals surface area contributed by atoms with E-state index in [1.807, 2.05) is 20.8 Å². The summed E-state index contributed by atoms with van der Waals surface area (Å²) in [5.74, 6) is 0.157. The first-order valence-corrected chi connectivity index (χ1v) is 5.53. The molecule has 0 spiro atoms. The van der Waals surface area contributed by atoms with E-state index >= 15 is 0 Å². The van der Waals surface area contributed by atoms with Crippen molar-refractivity contribution in [1.82, 2.24) is 10.6 Å². The second-order valence-corrected chi connectivity index (χ2v) is 4.13. The summed E-state index contributed by atoms with van der Waals surface area (Å²) in [6, 6.07) is 0.297. The van der Waals surface area contributed by atoms with Crippen molar-refractivity contribution >= 4 is 5.91 Å². The van der Waals surface area contributed by atoms with E-state index in [1.54, 1.807) is 7.11 Å². The van der Waals surface area contributed by atoms with Crippen molar-refractivity contribution in [2.45, 2.75) is 39.8 Å². The number of methoxy groups -OCH3 is 1. The van der Waals surface area contributed by atoms with E-state index in [0.717, 1.165) is 6.54 Å². The molecule has 0 rings (SSSR count). The number of hydrogen-bond acceptors (Lipinski definition) is 3. The van der Waals surface area contributed by atoms with E-state index in [1.165, 1.54) is 0 Å². The zero-order valence-corrected chi connectivity index (χ0v) is 10.5. The maximum atomic E-state index is 11.2. The number of nitrogens with one attached hydrogen (secondary N) is 2.